The van der Waals surface area contributed by atoms with E-state index in [1.807, 2.05) is 0 Å². The van der Waals surface area contributed by atoms with Crippen LogP contribution in [0.3, 0.4) is 0 Å². The lowest BCUT2D eigenvalue weighted by Gasteiger charge is -2.19. The predicted molar refractivity (Wildman–Crippen MR) is 67.6 cm³/mol. The summed E-state index contributed by atoms with van der Waals surface area (Å²) in [6, 6.07) is 0.759. The van der Waals surface area contributed by atoms with Crippen molar-refractivity contribution in [1.82, 2.24) is 5.32 Å². The maximum absolute atomic E-state index is 5.84. The molecule has 0 radical (unpaired) electrons. The maximum Gasteiger partial charge on any atom is 0.0494 e. The Balaban J connectivity index is 1.53. The molecule has 0 spiro atoms. The summed E-state index contributed by atoms with van der Waals surface area (Å²) in [6.07, 6.45) is 11.1. The third-order valence-electron chi connectivity index (χ3n) is 4.49. The van der Waals surface area contributed by atoms with Crippen molar-refractivity contribution in [1.29, 1.82) is 0 Å². The van der Waals surface area contributed by atoms with Gasteiger partial charge in [-0.05, 0) is 51.0 Å². The van der Waals surface area contributed by atoms with Gasteiger partial charge >= 0.3 is 0 Å². The van der Waals surface area contributed by atoms with Crippen LogP contribution < -0.4 is 5.32 Å². The van der Waals surface area contributed by atoms with Gasteiger partial charge in [-0.1, -0.05) is 19.3 Å². The third kappa shape index (κ3) is 3.46. The molecule has 0 aromatic carbocycles. The van der Waals surface area contributed by atoms with Gasteiger partial charge in [0.1, 0.15) is 0 Å². The van der Waals surface area contributed by atoms with E-state index in [9.17, 15) is 0 Å². The Morgan fingerprint density at radius 1 is 1.06 bits per heavy atom. The lowest BCUT2D eigenvalue weighted by molar-refractivity contribution is 0.0882. The van der Waals surface area contributed by atoms with Gasteiger partial charge in [-0.2, -0.15) is 0 Å². The minimum absolute atomic E-state index is 0.759. The van der Waals surface area contributed by atoms with Crippen LogP contribution in [0.15, 0.2) is 0 Å². The summed E-state index contributed by atoms with van der Waals surface area (Å²) in [5.74, 6) is 1.75. The van der Waals surface area contributed by atoms with E-state index >= 15 is 0 Å². The van der Waals surface area contributed by atoms with E-state index in [0.29, 0.717) is 0 Å². The monoisotopic (exact) mass is 225 g/mol. The smallest absolute Gasteiger partial charge is 0.0494 e. The van der Waals surface area contributed by atoms with Gasteiger partial charge in [0, 0.05) is 19.3 Å². The SMILES string of the molecule is CNC1CCCC1CCOCC1CCCC1. The highest BCUT2D eigenvalue weighted by Crippen LogP contribution is 2.28. The molecule has 94 valence electrons. The quantitative estimate of drug-likeness (QED) is 0.702. The van der Waals surface area contributed by atoms with Crippen LogP contribution in [-0.2, 0) is 4.74 Å². The molecular weight excluding hydrogens is 198 g/mol. The van der Waals surface area contributed by atoms with Crippen LogP contribution in [0.4, 0.5) is 0 Å². The molecule has 0 bridgehead atoms. The van der Waals surface area contributed by atoms with Gasteiger partial charge in [0.05, 0.1) is 0 Å². The van der Waals surface area contributed by atoms with Gasteiger partial charge in [-0.25, -0.2) is 0 Å². The van der Waals surface area contributed by atoms with Crippen LogP contribution in [-0.4, -0.2) is 26.3 Å². The molecule has 2 nitrogen and oxygen atoms in total. The van der Waals surface area contributed by atoms with Crippen molar-refractivity contribution in [3.05, 3.63) is 0 Å². The first-order chi connectivity index (χ1) is 7.90. The normalized spacial score (nSPS) is 31.3. The summed E-state index contributed by atoms with van der Waals surface area (Å²) < 4.78 is 5.84. The minimum Gasteiger partial charge on any atom is -0.381 e. The number of hydrogen-bond donors (Lipinski definition) is 1. The molecule has 2 unspecified atom stereocenters. The molecule has 16 heavy (non-hydrogen) atoms. The Bertz CT molecular complexity index is 189. The van der Waals surface area contributed by atoms with Crippen molar-refractivity contribution in [2.24, 2.45) is 11.8 Å². The molecule has 0 aromatic rings. The summed E-state index contributed by atoms with van der Waals surface area (Å²) in [4.78, 5) is 0. The van der Waals surface area contributed by atoms with E-state index in [4.69, 9.17) is 4.74 Å². The van der Waals surface area contributed by atoms with E-state index in [1.165, 1.54) is 51.4 Å². The van der Waals surface area contributed by atoms with Crippen molar-refractivity contribution in [2.75, 3.05) is 20.3 Å². The van der Waals surface area contributed by atoms with E-state index in [-0.39, 0.29) is 0 Å². The summed E-state index contributed by atoms with van der Waals surface area (Å²) in [5.41, 5.74) is 0. The van der Waals surface area contributed by atoms with E-state index in [2.05, 4.69) is 12.4 Å². The Labute approximate surface area is 100 Å². The zero-order valence-corrected chi connectivity index (χ0v) is 10.7. The maximum atomic E-state index is 5.84. The van der Waals surface area contributed by atoms with Gasteiger partial charge in [0.15, 0.2) is 0 Å². The van der Waals surface area contributed by atoms with Gasteiger partial charge in [-0.3, -0.25) is 0 Å². The Morgan fingerprint density at radius 3 is 2.62 bits per heavy atom. The van der Waals surface area contributed by atoms with Crippen molar-refractivity contribution in [3.8, 4) is 0 Å². The van der Waals surface area contributed by atoms with E-state index < -0.39 is 0 Å². The van der Waals surface area contributed by atoms with Crippen LogP contribution in [0.5, 0.6) is 0 Å². The average molecular weight is 225 g/mol. The molecule has 1 N–H and O–H groups in total. The highest BCUT2D eigenvalue weighted by Gasteiger charge is 2.25. The lowest BCUT2D eigenvalue weighted by Crippen LogP contribution is -2.29. The molecule has 0 heterocycles. The second-order valence-electron chi connectivity index (χ2n) is 5.60. The van der Waals surface area contributed by atoms with Crippen LogP contribution in [0.1, 0.15) is 51.4 Å². The fraction of sp³-hybridized carbons (Fsp3) is 1.00. The zero-order valence-electron chi connectivity index (χ0n) is 10.7. The standard InChI is InChI=1S/C14H27NO/c1-15-14-8-4-7-13(14)9-10-16-11-12-5-2-3-6-12/h12-15H,2-11H2,1H3. The number of hydrogen-bond acceptors (Lipinski definition) is 2. The highest BCUT2D eigenvalue weighted by molar-refractivity contribution is 4.81. The number of ether oxygens (including phenoxy) is 1. The molecule has 2 atom stereocenters. The van der Waals surface area contributed by atoms with Gasteiger partial charge in [0.2, 0.25) is 0 Å². The number of rotatable bonds is 6. The lowest BCUT2D eigenvalue weighted by atomic mass is 10.0. The van der Waals surface area contributed by atoms with Crippen LogP contribution in [0, 0.1) is 11.8 Å². The summed E-state index contributed by atoms with van der Waals surface area (Å²) in [6.45, 7) is 2.01. The van der Waals surface area contributed by atoms with Crippen LogP contribution in [0.25, 0.3) is 0 Å². The topological polar surface area (TPSA) is 21.3 Å². The molecule has 2 heteroatoms. The first-order valence-electron chi connectivity index (χ1n) is 7.15. The molecule has 0 aliphatic heterocycles. The summed E-state index contributed by atoms with van der Waals surface area (Å²) >= 11 is 0. The molecule has 0 amide bonds. The molecule has 0 saturated heterocycles. The molecule has 2 rings (SSSR count). The van der Waals surface area contributed by atoms with Gasteiger partial charge in [-0.15, -0.1) is 0 Å². The minimum atomic E-state index is 0.759. The molecule has 2 aliphatic carbocycles. The molecule has 2 saturated carbocycles. The van der Waals surface area contributed by atoms with Crippen molar-refractivity contribution in [2.45, 2.75) is 57.4 Å². The molecule has 2 aliphatic rings. The second kappa shape index (κ2) is 6.61. The van der Waals surface area contributed by atoms with Crippen molar-refractivity contribution in [3.63, 3.8) is 0 Å². The second-order valence-corrected chi connectivity index (χ2v) is 5.60. The summed E-state index contributed by atoms with van der Waals surface area (Å²) in [7, 11) is 2.10. The van der Waals surface area contributed by atoms with Crippen LogP contribution >= 0.6 is 0 Å². The molecule has 0 aromatic heterocycles. The fourth-order valence-corrected chi connectivity index (χ4v) is 3.42. The first-order valence-corrected chi connectivity index (χ1v) is 7.15. The average Bonchev–Trinajstić information content (AvgIpc) is 2.95. The van der Waals surface area contributed by atoms with Gasteiger partial charge < -0.3 is 10.1 Å². The Morgan fingerprint density at radius 2 is 1.88 bits per heavy atom. The summed E-state index contributed by atoms with van der Waals surface area (Å²) in [5, 5.41) is 3.44. The van der Waals surface area contributed by atoms with Gasteiger partial charge in [0.25, 0.3) is 0 Å². The van der Waals surface area contributed by atoms with E-state index in [1.54, 1.807) is 0 Å². The Hall–Kier alpha value is -0.0800. The molecule has 2 fully saturated rings. The first kappa shape index (κ1) is 12.4. The van der Waals surface area contributed by atoms with E-state index in [0.717, 1.165) is 31.1 Å². The zero-order chi connectivity index (χ0) is 11.2. The fourth-order valence-electron chi connectivity index (χ4n) is 3.42. The number of nitrogens with one attached hydrogen (secondary N) is 1. The highest BCUT2D eigenvalue weighted by atomic mass is 16.5. The molecular formula is C14H27NO. The Kier molecular flexibility index (Phi) is 5.11. The third-order valence-corrected chi connectivity index (χ3v) is 4.49. The van der Waals surface area contributed by atoms with Crippen molar-refractivity contribution < 1.29 is 4.74 Å². The van der Waals surface area contributed by atoms with Crippen LogP contribution in [0.2, 0.25) is 0 Å². The predicted octanol–water partition coefficient (Wildman–Crippen LogP) is 2.97. The van der Waals surface area contributed by atoms with Crippen molar-refractivity contribution >= 4 is 0 Å². The largest absolute Gasteiger partial charge is 0.381 e.